The van der Waals surface area contributed by atoms with Crippen molar-refractivity contribution in [2.24, 2.45) is 0 Å². The average Bonchev–Trinajstić information content (AvgIpc) is 1.39. The fourth-order valence-corrected chi connectivity index (χ4v) is 0. The Balaban J connectivity index is -0.0000000160. The van der Waals surface area contributed by atoms with Gasteiger partial charge in [0.1, 0.15) is 0 Å². The summed E-state index contributed by atoms with van der Waals surface area (Å²) in [7, 11) is 0. The van der Waals surface area contributed by atoms with E-state index in [0.29, 0.717) is 0 Å². The minimum atomic E-state index is 0. The van der Waals surface area contributed by atoms with Gasteiger partial charge in [-0.3, -0.25) is 0 Å². The fraction of sp³-hybridized carbons (Fsp3) is 0. The van der Waals surface area contributed by atoms with Gasteiger partial charge in [-0.2, -0.15) is 0 Å². The maximum absolute atomic E-state index is 3.25. The standard InChI is InChI=1S/2C3H5.ClH.Nd/c2*1-3-2;;/h2*3H,1-2H2;1H;/q2*-1;;+3/p-1. The number of hydrogen-bond donors (Lipinski definition) is 0. The van der Waals surface area contributed by atoms with E-state index in [-0.39, 0.29) is 53.2 Å². The van der Waals surface area contributed by atoms with Crippen molar-refractivity contribution in [1.29, 1.82) is 0 Å². The third-order valence-corrected chi connectivity index (χ3v) is 0. The molecule has 0 rings (SSSR count). The molecule has 0 unspecified atom stereocenters. The van der Waals surface area contributed by atoms with Gasteiger partial charge in [-0.25, -0.2) is 39.2 Å². The fourth-order valence-electron chi connectivity index (χ4n) is 0. The van der Waals surface area contributed by atoms with Gasteiger partial charge >= 0.3 is 40.8 Å². The van der Waals surface area contributed by atoms with Crippen molar-refractivity contribution in [2.45, 2.75) is 0 Å². The van der Waals surface area contributed by atoms with E-state index in [1.807, 2.05) is 0 Å². The number of halogens is 1. The molecule has 0 nitrogen and oxygen atoms in total. The van der Waals surface area contributed by atoms with Gasteiger partial charge in [0.15, 0.2) is 0 Å². The van der Waals surface area contributed by atoms with Gasteiger partial charge in [-0.15, -0.1) is 0 Å². The van der Waals surface area contributed by atoms with Crippen LogP contribution in [0.1, 0.15) is 0 Å². The van der Waals surface area contributed by atoms with Crippen molar-refractivity contribution in [3.63, 3.8) is 0 Å². The summed E-state index contributed by atoms with van der Waals surface area (Å²) in [5, 5.41) is 0. The van der Waals surface area contributed by atoms with Gasteiger partial charge in [-0.05, 0) is 0 Å². The SMILES string of the molecule is C=C[CH2-].C=C[CH2-].[Cl-].[Nd+3]. The summed E-state index contributed by atoms with van der Waals surface area (Å²) in [5.74, 6) is 0. The van der Waals surface area contributed by atoms with Crippen LogP contribution in [-0.4, -0.2) is 0 Å². The van der Waals surface area contributed by atoms with Gasteiger partial charge in [0.05, 0.1) is 0 Å². The predicted molar refractivity (Wildman–Crippen MR) is 31.1 cm³/mol. The van der Waals surface area contributed by atoms with Gasteiger partial charge < -0.3 is 12.4 Å². The van der Waals surface area contributed by atoms with E-state index in [0.717, 1.165) is 0 Å². The smallest absolute Gasteiger partial charge is 1.00 e. The molecule has 0 saturated carbocycles. The van der Waals surface area contributed by atoms with E-state index in [9.17, 15) is 0 Å². The van der Waals surface area contributed by atoms with Crippen LogP contribution in [0.4, 0.5) is 0 Å². The molecular weight excluding hydrogens is 252 g/mol. The van der Waals surface area contributed by atoms with Crippen LogP contribution in [0.25, 0.3) is 0 Å². The zero-order valence-corrected chi connectivity index (χ0v) is 8.83. The van der Waals surface area contributed by atoms with Crippen molar-refractivity contribution >= 4 is 0 Å². The van der Waals surface area contributed by atoms with Gasteiger partial charge in [-0.1, -0.05) is 0 Å². The summed E-state index contributed by atoms with van der Waals surface area (Å²) in [6.45, 7) is 13.0. The quantitative estimate of drug-likeness (QED) is 0.492. The first-order valence-corrected chi connectivity index (χ1v) is 1.63. The van der Waals surface area contributed by atoms with Gasteiger partial charge in [0.25, 0.3) is 0 Å². The average molecular weight is 262 g/mol. The van der Waals surface area contributed by atoms with E-state index in [1.165, 1.54) is 12.2 Å². The van der Waals surface area contributed by atoms with Crippen molar-refractivity contribution < 1.29 is 53.2 Å². The molecule has 0 aliphatic rings. The van der Waals surface area contributed by atoms with Crippen LogP contribution >= 0.6 is 0 Å². The van der Waals surface area contributed by atoms with Crippen LogP contribution in [0.3, 0.4) is 0 Å². The molecule has 0 amide bonds. The molecule has 0 saturated heterocycles. The third kappa shape index (κ3) is 318. The second-order valence-electron chi connectivity index (χ2n) is 0.577. The molecule has 0 atom stereocenters. The second kappa shape index (κ2) is 45.2. The normalized spacial score (nSPS) is 3.00. The Bertz CT molecular complexity index is 29.5. The Kier molecular flexibility index (Phi) is 131. The van der Waals surface area contributed by atoms with E-state index in [2.05, 4.69) is 27.0 Å². The summed E-state index contributed by atoms with van der Waals surface area (Å²) in [6, 6.07) is 0. The van der Waals surface area contributed by atoms with Crippen molar-refractivity contribution in [1.82, 2.24) is 0 Å². The molecule has 0 fully saturated rings. The van der Waals surface area contributed by atoms with E-state index in [4.69, 9.17) is 0 Å². The molecule has 0 heterocycles. The summed E-state index contributed by atoms with van der Waals surface area (Å²) in [5.41, 5.74) is 0. The van der Waals surface area contributed by atoms with E-state index in [1.54, 1.807) is 0 Å². The molecule has 0 aliphatic carbocycles. The summed E-state index contributed by atoms with van der Waals surface area (Å²) in [4.78, 5) is 0. The van der Waals surface area contributed by atoms with Crippen LogP contribution in [0.5, 0.6) is 0 Å². The molecule has 0 N–H and O–H groups in total. The Morgan fingerprint density at radius 1 is 1.00 bits per heavy atom. The number of allylic oxidation sites excluding steroid dienone is 2. The first-order chi connectivity index (χ1) is 2.83. The molecule has 2 heteroatoms. The largest absolute Gasteiger partial charge is 3.00 e. The third-order valence-electron chi connectivity index (χ3n) is 0. The zero-order chi connectivity index (χ0) is 5.41. The zero-order valence-electron chi connectivity index (χ0n) is 4.86. The minimum absolute atomic E-state index is 0. The maximum Gasteiger partial charge on any atom is 3.00 e. The molecule has 0 bridgehead atoms. The Morgan fingerprint density at radius 2 is 1.00 bits per heavy atom. The Labute approximate surface area is 91.4 Å². The van der Waals surface area contributed by atoms with Crippen LogP contribution < -0.4 is 12.4 Å². The van der Waals surface area contributed by atoms with Crippen molar-refractivity contribution in [2.75, 3.05) is 0 Å². The maximum atomic E-state index is 3.25. The Morgan fingerprint density at radius 3 is 1.00 bits per heavy atom. The Hall–Kier alpha value is 0.861. The molecule has 1 radical (unpaired) electrons. The summed E-state index contributed by atoms with van der Waals surface area (Å²) in [6.07, 6.45) is 3.00. The molecule has 45 valence electrons. The van der Waals surface area contributed by atoms with Crippen molar-refractivity contribution in [3.05, 3.63) is 39.2 Å². The van der Waals surface area contributed by atoms with Crippen LogP contribution in [0.2, 0.25) is 0 Å². The van der Waals surface area contributed by atoms with Crippen LogP contribution in [0, 0.1) is 54.7 Å². The van der Waals surface area contributed by atoms with E-state index < -0.39 is 0 Å². The molecule has 0 aliphatic heterocycles. The van der Waals surface area contributed by atoms with E-state index >= 15 is 0 Å². The van der Waals surface area contributed by atoms with Crippen LogP contribution in [0.15, 0.2) is 25.3 Å². The van der Waals surface area contributed by atoms with Crippen molar-refractivity contribution in [3.8, 4) is 0 Å². The molecule has 0 spiro atoms. The number of hydrogen-bond acceptors (Lipinski definition) is 0. The molecule has 0 aromatic carbocycles. The van der Waals surface area contributed by atoms with Gasteiger partial charge in [0, 0.05) is 0 Å². The molecule has 8 heavy (non-hydrogen) atoms. The monoisotopic (exact) mass is 259 g/mol. The minimum Gasteiger partial charge on any atom is -1.00 e. The van der Waals surface area contributed by atoms with Gasteiger partial charge in [0.2, 0.25) is 0 Å². The summed E-state index contributed by atoms with van der Waals surface area (Å²) >= 11 is 0. The molecule has 0 aromatic rings. The topological polar surface area (TPSA) is 0 Å². The number of rotatable bonds is 0. The molecule has 0 aromatic heterocycles. The predicted octanol–water partition coefficient (Wildman–Crippen LogP) is -0.983. The first kappa shape index (κ1) is 23.2. The van der Waals surface area contributed by atoms with Crippen LogP contribution in [-0.2, 0) is 0 Å². The molecular formula is C6H10ClNd. The second-order valence-corrected chi connectivity index (χ2v) is 0.577. The summed E-state index contributed by atoms with van der Waals surface area (Å²) < 4.78 is 0. The first-order valence-electron chi connectivity index (χ1n) is 1.63.